The molecule has 0 radical (unpaired) electrons. The van der Waals surface area contributed by atoms with E-state index < -0.39 is 41.6 Å². The normalized spacial score (nSPS) is 12.5. The van der Waals surface area contributed by atoms with E-state index in [1.165, 1.54) is 30.3 Å². The van der Waals surface area contributed by atoms with Crippen molar-refractivity contribution in [2.75, 3.05) is 13.2 Å². The Morgan fingerprint density at radius 1 is 0.711 bits per heavy atom. The van der Waals surface area contributed by atoms with Crippen molar-refractivity contribution < 1.29 is 45.0 Å². The minimum atomic E-state index is -4.63. The molecule has 0 aliphatic carbocycles. The van der Waals surface area contributed by atoms with E-state index in [1.807, 2.05) is 13.8 Å². The summed E-state index contributed by atoms with van der Waals surface area (Å²) in [4.78, 5) is 24.1. The number of ketones is 2. The zero-order chi connectivity index (χ0) is 28.1. The minimum absolute atomic E-state index is 0.107. The van der Waals surface area contributed by atoms with Gasteiger partial charge in [0, 0.05) is 17.2 Å². The summed E-state index contributed by atoms with van der Waals surface area (Å²) >= 11 is 0. The van der Waals surface area contributed by atoms with Crippen LogP contribution in [0.3, 0.4) is 0 Å². The highest BCUT2D eigenvalue weighted by Crippen LogP contribution is 2.29. The van der Waals surface area contributed by atoms with Gasteiger partial charge >= 0.3 is 0 Å². The van der Waals surface area contributed by atoms with Gasteiger partial charge in [0.1, 0.15) is 31.7 Å². The Bertz CT molecular complexity index is 1420. The number of Topliss-reactive ketones (excluding diaryl/α,β-unsaturated/α-hetero) is 2. The van der Waals surface area contributed by atoms with Crippen molar-refractivity contribution in [2.45, 2.75) is 36.0 Å². The van der Waals surface area contributed by atoms with Gasteiger partial charge in [0.05, 0.1) is 9.79 Å². The fraction of sp³-hybridized carbons (Fsp3) is 0.231. The van der Waals surface area contributed by atoms with Crippen LogP contribution in [0.5, 0.6) is 11.5 Å². The lowest BCUT2D eigenvalue weighted by molar-refractivity contribution is 0.0919. The molecule has 3 aromatic carbocycles. The van der Waals surface area contributed by atoms with Gasteiger partial charge in [-0.2, -0.15) is 0 Å². The number of benzene rings is 3. The van der Waals surface area contributed by atoms with Crippen molar-refractivity contribution >= 4 is 31.8 Å². The third-order valence-corrected chi connectivity index (χ3v) is 7.45. The molecule has 0 saturated heterocycles. The van der Waals surface area contributed by atoms with Crippen LogP contribution in [0.4, 0.5) is 0 Å². The lowest BCUT2D eigenvalue weighted by atomic mass is 9.98. The summed E-state index contributed by atoms with van der Waals surface area (Å²) in [6.45, 7) is 3.22. The number of carbonyl (C=O) groups excluding carboxylic acids is 2. The molecular formula is C26H24O10S2-2. The van der Waals surface area contributed by atoms with Gasteiger partial charge in [0.15, 0.2) is 24.8 Å². The van der Waals surface area contributed by atoms with Crippen LogP contribution in [0.15, 0.2) is 76.5 Å². The third-order valence-electron chi connectivity index (χ3n) is 5.75. The third kappa shape index (κ3) is 7.71. The van der Waals surface area contributed by atoms with Gasteiger partial charge < -0.3 is 18.6 Å². The van der Waals surface area contributed by atoms with E-state index in [-0.39, 0.29) is 30.3 Å². The first-order valence-corrected chi connectivity index (χ1v) is 14.2. The lowest BCUT2D eigenvalue weighted by Crippen LogP contribution is -2.13. The largest absolute Gasteiger partial charge is 0.744 e. The second-order valence-electron chi connectivity index (χ2n) is 8.43. The number of rotatable bonds is 12. The fourth-order valence-corrected chi connectivity index (χ4v) is 4.30. The first-order valence-electron chi connectivity index (χ1n) is 11.4. The van der Waals surface area contributed by atoms with Gasteiger partial charge in [-0.3, -0.25) is 9.59 Å². The lowest BCUT2D eigenvalue weighted by Gasteiger charge is -2.15. The van der Waals surface area contributed by atoms with Crippen LogP contribution in [0, 0.1) is 0 Å². The van der Waals surface area contributed by atoms with E-state index in [9.17, 15) is 35.5 Å². The molecule has 10 nitrogen and oxygen atoms in total. The molecule has 0 N–H and O–H groups in total. The van der Waals surface area contributed by atoms with Crippen LogP contribution in [0.1, 0.15) is 52.5 Å². The first-order chi connectivity index (χ1) is 17.8. The Kier molecular flexibility index (Phi) is 9.05. The monoisotopic (exact) mass is 560 g/mol. The summed E-state index contributed by atoms with van der Waals surface area (Å²) in [5, 5.41) is 0. The summed E-state index contributed by atoms with van der Waals surface area (Å²) in [5.74, 6) is -0.176. The molecule has 0 aliphatic heterocycles. The van der Waals surface area contributed by atoms with Crippen molar-refractivity contribution in [1.82, 2.24) is 0 Å². The molecule has 0 saturated carbocycles. The molecule has 3 rings (SSSR count). The van der Waals surface area contributed by atoms with Crippen LogP contribution in [-0.2, 0) is 20.2 Å². The molecule has 0 heterocycles. The van der Waals surface area contributed by atoms with Gasteiger partial charge in [0.2, 0.25) is 0 Å². The van der Waals surface area contributed by atoms with Crippen molar-refractivity contribution in [3.8, 4) is 11.5 Å². The number of hydrogen-bond acceptors (Lipinski definition) is 10. The molecule has 38 heavy (non-hydrogen) atoms. The molecule has 3 aromatic rings. The highest BCUT2D eigenvalue weighted by molar-refractivity contribution is 7.86. The van der Waals surface area contributed by atoms with Crippen molar-refractivity contribution in [3.63, 3.8) is 0 Å². The quantitative estimate of drug-likeness (QED) is 0.236. The van der Waals surface area contributed by atoms with Crippen molar-refractivity contribution in [1.29, 1.82) is 0 Å². The van der Waals surface area contributed by atoms with Crippen LogP contribution < -0.4 is 9.47 Å². The Balaban J connectivity index is 1.71. The molecule has 0 spiro atoms. The zero-order valence-corrected chi connectivity index (χ0v) is 22.1. The van der Waals surface area contributed by atoms with E-state index in [2.05, 4.69) is 0 Å². The maximum absolute atomic E-state index is 12.5. The van der Waals surface area contributed by atoms with Crippen LogP contribution in [0.2, 0.25) is 0 Å². The van der Waals surface area contributed by atoms with E-state index in [0.29, 0.717) is 11.5 Å². The number of ether oxygens (including phenoxy) is 2. The smallest absolute Gasteiger partial charge is 0.200 e. The fourth-order valence-electron chi connectivity index (χ4n) is 3.36. The minimum Gasteiger partial charge on any atom is -0.744 e. The van der Waals surface area contributed by atoms with E-state index in [0.717, 1.165) is 36.2 Å². The Labute approximate surface area is 220 Å². The second kappa shape index (κ2) is 11.9. The highest BCUT2D eigenvalue weighted by Gasteiger charge is 2.14. The number of carbonyl (C=O) groups is 2. The van der Waals surface area contributed by atoms with E-state index in [1.54, 1.807) is 12.1 Å². The standard InChI is InChI=1S/C26H26O10S2/c1-3-17(2)20-12-21(35-15-25(27)18-4-8-23(9-5-18)37(29,30)31)14-22(13-20)36-16-26(28)19-6-10-24(11-7-19)38(32,33)34/h4-14,17H,3,15-16H2,1-2H3,(H,29,30,31)(H,32,33,34)/p-2. The number of hydrogen-bond donors (Lipinski definition) is 0. The summed E-state index contributed by atoms with van der Waals surface area (Å²) in [6, 6.07) is 14.1. The molecule has 0 aliphatic rings. The van der Waals surface area contributed by atoms with Gasteiger partial charge in [-0.05, 0) is 54.3 Å². The molecule has 202 valence electrons. The summed E-state index contributed by atoms with van der Waals surface area (Å²) in [7, 11) is -9.25. The maximum Gasteiger partial charge on any atom is 0.200 e. The molecule has 0 amide bonds. The average Bonchev–Trinajstić information content (AvgIpc) is 2.89. The molecular weight excluding hydrogens is 536 g/mol. The first kappa shape index (κ1) is 29.0. The second-order valence-corrected chi connectivity index (χ2v) is 11.2. The van der Waals surface area contributed by atoms with Crippen LogP contribution >= 0.6 is 0 Å². The van der Waals surface area contributed by atoms with Gasteiger partial charge in [-0.1, -0.05) is 38.1 Å². The molecule has 0 bridgehead atoms. The van der Waals surface area contributed by atoms with Crippen molar-refractivity contribution in [3.05, 3.63) is 83.4 Å². The van der Waals surface area contributed by atoms with Gasteiger partial charge in [-0.25, -0.2) is 16.8 Å². The molecule has 12 heteroatoms. The Morgan fingerprint density at radius 2 is 1.08 bits per heavy atom. The average molecular weight is 561 g/mol. The highest BCUT2D eigenvalue weighted by atomic mass is 32.2. The van der Waals surface area contributed by atoms with Crippen molar-refractivity contribution in [2.24, 2.45) is 0 Å². The van der Waals surface area contributed by atoms with E-state index >= 15 is 0 Å². The van der Waals surface area contributed by atoms with Gasteiger partial charge in [-0.15, -0.1) is 0 Å². The predicted molar refractivity (Wildman–Crippen MR) is 134 cm³/mol. The molecule has 0 aromatic heterocycles. The molecule has 1 atom stereocenters. The SMILES string of the molecule is CCC(C)c1cc(OCC(=O)c2ccc(S(=O)(=O)[O-])cc2)cc(OCC(=O)c2ccc(S(=O)(=O)[O-])cc2)c1. The predicted octanol–water partition coefficient (Wildman–Crippen LogP) is 3.53. The Morgan fingerprint density at radius 3 is 1.39 bits per heavy atom. The zero-order valence-electron chi connectivity index (χ0n) is 20.4. The van der Waals surface area contributed by atoms with Gasteiger partial charge in [0.25, 0.3) is 0 Å². The van der Waals surface area contributed by atoms with Crippen LogP contribution in [-0.4, -0.2) is 50.7 Å². The molecule has 0 fully saturated rings. The topological polar surface area (TPSA) is 167 Å². The van der Waals surface area contributed by atoms with Crippen LogP contribution in [0.25, 0.3) is 0 Å². The summed E-state index contributed by atoms with van der Waals surface area (Å²) < 4.78 is 77.7. The Hall–Kier alpha value is -3.58. The molecule has 1 unspecified atom stereocenters. The maximum atomic E-state index is 12.5. The summed E-state index contributed by atoms with van der Waals surface area (Å²) in [5.41, 5.74) is 1.16. The van der Waals surface area contributed by atoms with E-state index in [4.69, 9.17) is 9.47 Å². The summed E-state index contributed by atoms with van der Waals surface area (Å²) in [6.07, 6.45) is 0.796.